The highest BCUT2D eigenvalue weighted by atomic mass is 35.5. The SMILES string of the molecule is CC(C(=O)N1CCNCC1)c1cccs1.Cl. The second-order valence-electron chi connectivity index (χ2n) is 3.81. The van der Waals surface area contributed by atoms with Crippen LogP contribution in [0.3, 0.4) is 0 Å². The number of nitrogens with one attached hydrogen (secondary N) is 1. The lowest BCUT2D eigenvalue weighted by Gasteiger charge is -2.29. The summed E-state index contributed by atoms with van der Waals surface area (Å²) in [6.45, 7) is 5.52. The van der Waals surface area contributed by atoms with Gasteiger partial charge in [-0.2, -0.15) is 0 Å². The van der Waals surface area contributed by atoms with Crippen molar-refractivity contribution >= 4 is 29.7 Å². The molecule has 3 nitrogen and oxygen atoms in total. The fourth-order valence-corrected chi connectivity index (χ4v) is 2.59. The number of hydrogen-bond acceptors (Lipinski definition) is 3. The molecule has 0 bridgehead atoms. The van der Waals surface area contributed by atoms with Crippen LogP contribution in [-0.2, 0) is 4.79 Å². The Hall–Kier alpha value is -0.580. The standard InChI is InChI=1S/C11H16N2OS.ClH/c1-9(10-3-2-8-15-10)11(14)13-6-4-12-5-7-13;/h2-3,8-9,12H,4-7H2,1H3;1H. The van der Waals surface area contributed by atoms with Gasteiger partial charge in [0.2, 0.25) is 5.91 Å². The van der Waals surface area contributed by atoms with E-state index in [-0.39, 0.29) is 24.2 Å². The minimum absolute atomic E-state index is 0. The van der Waals surface area contributed by atoms with Crippen LogP contribution in [0, 0.1) is 0 Å². The molecule has 1 aliphatic rings. The van der Waals surface area contributed by atoms with Crippen LogP contribution in [-0.4, -0.2) is 37.0 Å². The lowest BCUT2D eigenvalue weighted by molar-refractivity contribution is -0.132. The Bertz CT molecular complexity index is 323. The van der Waals surface area contributed by atoms with Gasteiger partial charge >= 0.3 is 0 Å². The number of amides is 1. The molecule has 1 amide bonds. The third kappa shape index (κ3) is 2.97. The molecule has 1 aromatic heterocycles. The largest absolute Gasteiger partial charge is 0.340 e. The molecule has 5 heteroatoms. The molecular weight excluding hydrogens is 244 g/mol. The summed E-state index contributed by atoms with van der Waals surface area (Å²) >= 11 is 1.66. The fraction of sp³-hybridized carbons (Fsp3) is 0.545. The third-order valence-corrected chi connectivity index (χ3v) is 3.82. The van der Waals surface area contributed by atoms with Gasteiger partial charge in [0.15, 0.2) is 0 Å². The molecule has 2 heterocycles. The summed E-state index contributed by atoms with van der Waals surface area (Å²) in [6.07, 6.45) is 0. The first-order valence-corrected chi connectivity index (χ1v) is 6.20. The van der Waals surface area contributed by atoms with Crippen molar-refractivity contribution in [2.45, 2.75) is 12.8 Å². The third-order valence-electron chi connectivity index (χ3n) is 2.77. The molecule has 1 atom stereocenters. The minimum atomic E-state index is 0. The summed E-state index contributed by atoms with van der Waals surface area (Å²) in [4.78, 5) is 15.2. The van der Waals surface area contributed by atoms with Gasteiger partial charge in [0.25, 0.3) is 0 Å². The van der Waals surface area contributed by atoms with Gasteiger partial charge in [-0.15, -0.1) is 23.7 Å². The molecule has 1 N–H and O–H groups in total. The number of rotatable bonds is 2. The zero-order chi connectivity index (χ0) is 10.7. The molecule has 1 aromatic rings. The highest BCUT2D eigenvalue weighted by molar-refractivity contribution is 7.10. The molecule has 0 radical (unpaired) electrons. The van der Waals surface area contributed by atoms with E-state index in [0.717, 1.165) is 26.2 Å². The summed E-state index contributed by atoms with van der Waals surface area (Å²) in [5.41, 5.74) is 0. The van der Waals surface area contributed by atoms with Gasteiger partial charge in [-0.25, -0.2) is 0 Å². The normalized spacial score (nSPS) is 17.7. The number of hydrogen-bond donors (Lipinski definition) is 1. The van der Waals surface area contributed by atoms with E-state index in [0.29, 0.717) is 0 Å². The van der Waals surface area contributed by atoms with Crippen LogP contribution >= 0.6 is 23.7 Å². The molecule has 90 valence electrons. The van der Waals surface area contributed by atoms with E-state index >= 15 is 0 Å². The zero-order valence-corrected chi connectivity index (χ0v) is 10.9. The number of nitrogens with zero attached hydrogens (tertiary/aromatic N) is 1. The van der Waals surface area contributed by atoms with Crippen LogP contribution in [0.4, 0.5) is 0 Å². The lowest BCUT2D eigenvalue weighted by Crippen LogP contribution is -2.47. The van der Waals surface area contributed by atoms with E-state index < -0.39 is 0 Å². The number of carbonyl (C=O) groups is 1. The quantitative estimate of drug-likeness (QED) is 0.878. The van der Waals surface area contributed by atoms with E-state index in [9.17, 15) is 4.79 Å². The highest BCUT2D eigenvalue weighted by Gasteiger charge is 2.23. The van der Waals surface area contributed by atoms with Crippen LogP contribution in [0.15, 0.2) is 17.5 Å². The van der Waals surface area contributed by atoms with Crippen LogP contribution in [0.5, 0.6) is 0 Å². The van der Waals surface area contributed by atoms with Gasteiger partial charge < -0.3 is 10.2 Å². The maximum absolute atomic E-state index is 12.1. The Morgan fingerprint density at radius 1 is 1.50 bits per heavy atom. The van der Waals surface area contributed by atoms with Crippen molar-refractivity contribution in [3.63, 3.8) is 0 Å². The predicted molar refractivity (Wildman–Crippen MR) is 69.4 cm³/mol. The fourth-order valence-electron chi connectivity index (χ4n) is 1.82. The van der Waals surface area contributed by atoms with Crippen molar-refractivity contribution in [2.24, 2.45) is 0 Å². The topological polar surface area (TPSA) is 32.3 Å². The molecule has 0 aliphatic carbocycles. The first-order chi connectivity index (χ1) is 7.29. The lowest BCUT2D eigenvalue weighted by atomic mass is 10.1. The average molecular weight is 261 g/mol. The zero-order valence-electron chi connectivity index (χ0n) is 9.31. The summed E-state index contributed by atoms with van der Waals surface area (Å²) in [5.74, 6) is 0.280. The van der Waals surface area contributed by atoms with E-state index in [1.165, 1.54) is 4.88 Å². The van der Waals surface area contributed by atoms with Crippen LogP contribution in [0.2, 0.25) is 0 Å². The maximum Gasteiger partial charge on any atom is 0.230 e. The average Bonchev–Trinajstić information content (AvgIpc) is 2.82. The Morgan fingerprint density at radius 2 is 2.19 bits per heavy atom. The summed E-state index contributed by atoms with van der Waals surface area (Å²) in [7, 11) is 0. The van der Waals surface area contributed by atoms with Crippen LogP contribution in [0.1, 0.15) is 17.7 Å². The van der Waals surface area contributed by atoms with Crippen LogP contribution < -0.4 is 5.32 Å². The molecular formula is C11H17ClN2OS. The molecule has 1 unspecified atom stereocenters. The molecule has 1 fully saturated rings. The number of halogens is 1. The van der Waals surface area contributed by atoms with Gasteiger partial charge in [0.1, 0.15) is 0 Å². The molecule has 1 saturated heterocycles. The first-order valence-electron chi connectivity index (χ1n) is 5.32. The summed E-state index contributed by atoms with van der Waals surface area (Å²) in [5, 5.41) is 5.28. The van der Waals surface area contributed by atoms with Crippen molar-refractivity contribution in [3.8, 4) is 0 Å². The van der Waals surface area contributed by atoms with Crippen molar-refractivity contribution < 1.29 is 4.79 Å². The van der Waals surface area contributed by atoms with E-state index in [1.54, 1.807) is 11.3 Å². The van der Waals surface area contributed by atoms with Gasteiger partial charge in [-0.1, -0.05) is 6.07 Å². The second-order valence-corrected chi connectivity index (χ2v) is 4.79. The van der Waals surface area contributed by atoms with E-state index in [4.69, 9.17) is 0 Å². The van der Waals surface area contributed by atoms with Crippen LogP contribution in [0.25, 0.3) is 0 Å². The van der Waals surface area contributed by atoms with Crippen molar-refractivity contribution in [2.75, 3.05) is 26.2 Å². The summed E-state index contributed by atoms with van der Waals surface area (Å²) in [6, 6.07) is 4.04. The number of piperazine rings is 1. The van der Waals surface area contributed by atoms with E-state index in [2.05, 4.69) is 5.32 Å². The van der Waals surface area contributed by atoms with Crippen molar-refractivity contribution in [3.05, 3.63) is 22.4 Å². The number of thiophene rings is 1. The Kier molecular flexibility index (Phi) is 5.25. The van der Waals surface area contributed by atoms with E-state index in [1.807, 2.05) is 29.3 Å². The van der Waals surface area contributed by atoms with Gasteiger partial charge in [-0.05, 0) is 18.4 Å². The van der Waals surface area contributed by atoms with Crippen molar-refractivity contribution in [1.82, 2.24) is 10.2 Å². The highest BCUT2D eigenvalue weighted by Crippen LogP contribution is 2.22. The predicted octanol–water partition coefficient (Wildman–Crippen LogP) is 1.71. The monoisotopic (exact) mass is 260 g/mol. The molecule has 16 heavy (non-hydrogen) atoms. The Morgan fingerprint density at radius 3 is 2.75 bits per heavy atom. The van der Waals surface area contributed by atoms with Gasteiger partial charge in [0, 0.05) is 31.1 Å². The molecule has 1 aliphatic heterocycles. The molecule has 0 aromatic carbocycles. The second kappa shape index (κ2) is 6.23. The van der Waals surface area contributed by atoms with Crippen molar-refractivity contribution in [1.29, 1.82) is 0 Å². The minimum Gasteiger partial charge on any atom is -0.340 e. The molecule has 2 rings (SSSR count). The smallest absolute Gasteiger partial charge is 0.230 e. The van der Waals surface area contributed by atoms with Gasteiger partial charge in [-0.3, -0.25) is 4.79 Å². The Balaban J connectivity index is 0.00000128. The molecule has 0 spiro atoms. The first kappa shape index (κ1) is 13.5. The number of carbonyl (C=O) groups excluding carboxylic acids is 1. The van der Waals surface area contributed by atoms with Gasteiger partial charge in [0.05, 0.1) is 5.92 Å². The maximum atomic E-state index is 12.1. The Labute approximate surface area is 106 Å². The molecule has 0 saturated carbocycles. The summed E-state index contributed by atoms with van der Waals surface area (Å²) < 4.78 is 0.